The van der Waals surface area contributed by atoms with Gasteiger partial charge in [-0.2, -0.15) is 17.0 Å². The van der Waals surface area contributed by atoms with Crippen LogP contribution in [0, 0.1) is 5.92 Å². The Bertz CT molecular complexity index is 1010. The summed E-state index contributed by atoms with van der Waals surface area (Å²) in [6.07, 6.45) is 15.3. The molecule has 1 aromatic carbocycles. The molecule has 7 nitrogen and oxygen atoms in total. The molecule has 3 aliphatic rings. The number of anilines is 1. The molecule has 3 heterocycles. The molecule has 0 amide bonds. The number of H-pyrrole nitrogens is 1. The predicted molar refractivity (Wildman–Crippen MR) is 136 cm³/mol. The van der Waals surface area contributed by atoms with E-state index < -0.39 is 10.2 Å². The van der Waals surface area contributed by atoms with E-state index in [0.29, 0.717) is 32.7 Å². The Balaban J connectivity index is 1.46. The van der Waals surface area contributed by atoms with Gasteiger partial charge in [-0.3, -0.25) is 0 Å². The van der Waals surface area contributed by atoms with E-state index in [-0.39, 0.29) is 6.04 Å². The van der Waals surface area contributed by atoms with Crippen molar-refractivity contribution in [2.75, 3.05) is 24.5 Å². The van der Waals surface area contributed by atoms with E-state index in [1.165, 1.54) is 32.1 Å². The highest BCUT2D eigenvalue weighted by molar-refractivity contribution is 7.86. The van der Waals surface area contributed by atoms with Gasteiger partial charge in [0.1, 0.15) is 0 Å². The fourth-order valence-corrected chi connectivity index (χ4v) is 7.77. The molecular weight excluding hydrogens is 446 g/mol. The highest BCUT2D eigenvalue weighted by atomic mass is 32.2. The van der Waals surface area contributed by atoms with Gasteiger partial charge in [-0.25, -0.2) is 4.98 Å². The number of nitrogens with one attached hydrogen (secondary N) is 1. The molecule has 1 atom stereocenters. The number of benzene rings is 1. The van der Waals surface area contributed by atoms with Crippen LogP contribution in [-0.4, -0.2) is 52.7 Å². The number of aromatic amines is 1. The molecule has 8 heteroatoms. The van der Waals surface area contributed by atoms with Crippen LogP contribution in [0.15, 0.2) is 36.8 Å². The van der Waals surface area contributed by atoms with Gasteiger partial charge in [-0.1, -0.05) is 56.7 Å². The maximum Gasteiger partial charge on any atom is 0.282 e. The van der Waals surface area contributed by atoms with Gasteiger partial charge in [-0.15, -0.1) is 0 Å². The second kappa shape index (κ2) is 10.8. The molecule has 34 heavy (non-hydrogen) atoms. The second-order valence-corrected chi connectivity index (χ2v) is 12.3. The van der Waals surface area contributed by atoms with Crippen molar-refractivity contribution in [3.63, 3.8) is 0 Å². The normalized spacial score (nSPS) is 23.5. The summed E-state index contributed by atoms with van der Waals surface area (Å²) in [6.45, 7) is 2.98. The summed E-state index contributed by atoms with van der Waals surface area (Å²) in [6, 6.07) is 8.50. The van der Waals surface area contributed by atoms with Gasteiger partial charge in [-0.05, 0) is 43.2 Å². The molecule has 2 aliphatic heterocycles. The third-order valence-electron chi connectivity index (χ3n) is 8.00. The van der Waals surface area contributed by atoms with Crippen LogP contribution in [-0.2, 0) is 23.3 Å². The molecule has 2 aromatic rings. The third-order valence-corrected chi connectivity index (χ3v) is 9.95. The van der Waals surface area contributed by atoms with Crippen molar-refractivity contribution in [2.24, 2.45) is 5.92 Å². The first kappa shape index (κ1) is 23.8. The summed E-state index contributed by atoms with van der Waals surface area (Å²) < 4.78 is 31.3. The molecule has 0 spiro atoms. The van der Waals surface area contributed by atoms with Gasteiger partial charge in [0.25, 0.3) is 10.2 Å². The Labute approximate surface area is 204 Å². The molecule has 0 radical (unpaired) electrons. The third kappa shape index (κ3) is 5.34. The highest BCUT2D eigenvalue weighted by Gasteiger charge is 2.37. The first-order valence-electron chi connectivity index (χ1n) is 13.2. The first-order valence-corrected chi connectivity index (χ1v) is 14.6. The Morgan fingerprint density at radius 3 is 2.44 bits per heavy atom. The van der Waals surface area contributed by atoms with Crippen LogP contribution < -0.4 is 4.90 Å². The predicted octanol–water partition coefficient (Wildman–Crippen LogP) is 4.69. The lowest BCUT2D eigenvalue weighted by molar-refractivity contribution is 0.312. The number of hydrogen-bond acceptors (Lipinski definition) is 4. The van der Waals surface area contributed by atoms with Crippen LogP contribution in [0.5, 0.6) is 0 Å². The number of aromatic nitrogens is 2. The SMILES string of the molecule is O=S(=O)(N1CCCCCC1)N1Cc2ccccc2N(Cc2cnc[nH]2)[C@H](CCC2CCCC2)C1. The summed E-state index contributed by atoms with van der Waals surface area (Å²) in [5, 5.41) is 0. The van der Waals surface area contributed by atoms with Crippen molar-refractivity contribution in [3.05, 3.63) is 48.0 Å². The molecule has 1 saturated heterocycles. The summed E-state index contributed by atoms with van der Waals surface area (Å²) in [5.41, 5.74) is 3.30. The number of rotatable bonds is 7. The highest BCUT2D eigenvalue weighted by Crippen LogP contribution is 2.35. The monoisotopic (exact) mass is 485 g/mol. The zero-order chi connectivity index (χ0) is 23.4. The minimum atomic E-state index is -3.51. The minimum Gasteiger partial charge on any atom is -0.361 e. The lowest BCUT2D eigenvalue weighted by Crippen LogP contribution is -2.48. The van der Waals surface area contributed by atoms with Crippen molar-refractivity contribution in [3.8, 4) is 0 Å². The van der Waals surface area contributed by atoms with E-state index in [1.807, 2.05) is 12.3 Å². The van der Waals surface area contributed by atoms with E-state index in [0.717, 1.165) is 55.0 Å². The van der Waals surface area contributed by atoms with Crippen LogP contribution in [0.1, 0.15) is 75.5 Å². The molecule has 1 aliphatic carbocycles. The molecule has 5 rings (SSSR count). The summed E-state index contributed by atoms with van der Waals surface area (Å²) >= 11 is 0. The second-order valence-electron chi connectivity index (χ2n) is 10.3. The number of para-hydroxylation sites is 1. The molecule has 1 N–H and O–H groups in total. The van der Waals surface area contributed by atoms with Crippen LogP contribution in [0.25, 0.3) is 0 Å². The van der Waals surface area contributed by atoms with E-state index in [4.69, 9.17) is 0 Å². The largest absolute Gasteiger partial charge is 0.361 e. The van der Waals surface area contributed by atoms with Crippen molar-refractivity contribution < 1.29 is 8.42 Å². The zero-order valence-electron chi connectivity index (χ0n) is 20.2. The van der Waals surface area contributed by atoms with Gasteiger partial charge in [0.05, 0.1) is 18.6 Å². The van der Waals surface area contributed by atoms with Gasteiger partial charge < -0.3 is 9.88 Å². The lowest BCUT2D eigenvalue weighted by Gasteiger charge is -2.35. The quantitative estimate of drug-likeness (QED) is 0.617. The molecule has 186 valence electrons. The molecule has 1 saturated carbocycles. The Morgan fingerprint density at radius 2 is 1.71 bits per heavy atom. The van der Waals surface area contributed by atoms with E-state index >= 15 is 0 Å². The van der Waals surface area contributed by atoms with Gasteiger partial charge in [0, 0.05) is 44.1 Å². The van der Waals surface area contributed by atoms with Crippen LogP contribution >= 0.6 is 0 Å². The number of hydrogen-bond donors (Lipinski definition) is 1. The van der Waals surface area contributed by atoms with Crippen molar-refractivity contribution in [1.82, 2.24) is 18.6 Å². The summed E-state index contributed by atoms with van der Waals surface area (Å²) in [7, 11) is -3.51. The smallest absolute Gasteiger partial charge is 0.282 e. The molecular formula is C26H39N5O2S. The van der Waals surface area contributed by atoms with Gasteiger partial charge in [0.15, 0.2) is 0 Å². The average molecular weight is 486 g/mol. The molecule has 0 unspecified atom stereocenters. The van der Waals surface area contributed by atoms with Crippen molar-refractivity contribution in [1.29, 1.82) is 0 Å². The van der Waals surface area contributed by atoms with Crippen LogP contribution in [0.4, 0.5) is 5.69 Å². The standard InChI is InChI=1S/C26H39N5O2S/c32-34(33,29-15-7-1-2-8-16-29)30-18-23-11-5-6-12-26(23)31(19-24-17-27-21-28-24)25(20-30)14-13-22-9-3-4-10-22/h5-6,11-12,17,21-22,25H,1-4,7-10,13-16,18-20H2,(H,27,28)/t25-/m1/s1. The van der Waals surface area contributed by atoms with Crippen molar-refractivity contribution >= 4 is 15.9 Å². The molecule has 2 fully saturated rings. The first-order chi connectivity index (χ1) is 16.6. The summed E-state index contributed by atoms with van der Waals surface area (Å²) in [4.78, 5) is 9.93. The van der Waals surface area contributed by atoms with Crippen LogP contribution in [0.2, 0.25) is 0 Å². The Kier molecular flexibility index (Phi) is 7.56. The van der Waals surface area contributed by atoms with E-state index in [2.05, 4.69) is 33.1 Å². The number of imidazole rings is 1. The zero-order valence-corrected chi connectivity index (χ0v) is 21.1. The van der Waals surface area contributed by atoms with Gasteiger partial charge >= 0.3 is 0 Å². The molecule has 0 bridgehead atoms. The Hall–Kier alpha value is -1.90. The lowest BCUT2D eigenvalue weighted by atomic mass is 9.97. The number of nitrogens with zero attached hydrogens (tertiary/aromatic N) is 4. The minimum absolute atomic E-state index is 0.134. The molecule has 1 aromatic heterocycles. The maximum absolute atomic E-state index is 13.9. The Morgan fingerprint density at radius 1 is 0.941 bits per heavy atom. The van der Waals surface area contributed by atoms with E-state index in [9.17, 15) is 8.42 Å². The fraction of sp³-hybridized carbons (Fsp3) is 0.654. The number of fused-ring (bicyclic) bond motifs is 1. The van der Waals surface area contributed by atoms with E-state index in [1.54, 1.807) is 14.9 Å². The van der Waals surface area contributed by atoms with Gasteiger partial charge in [0.2, 0.25) is 0 Å². The van der Waals surface area contributed by atoms with Crippen molar-refractivity contribution in [2.45, 2.75) is 83.3 Å². The van der Waals surface area contributed by atoms with Crippen LogP contribution in [0.3, 0.4) is 0 Å². The fourth-order valence-electron chi connectivity index (χ4n) is 6.06. The maximum atomic E-state index is 13.9. The average Bonchev–Trinajstić information content (AvgIpc) is 3.45. The summed E-state index contributed by atoms with van der Waals surface area (Å²) in [5.74, 6) is 0.781. The topological polar surface area (TPSA) is 72.5 Å².